The zero-order valence-corrected chi connectivity index (χ0v) is 10.7. The summed E-state index contributed by atoms with van der Waals surface area (Å²) in [6, 6.07) is 1.77. The molecule has 0 unspecified atom stereocenters. The molecular formula is C6H13NO6P2. The lowest BCUT2D eigenvalue weighted by molar-refractivity contribution is 0.0200. The van der Waals surface area contributed by atoms with Crippen LogP contribution in [-0.4, -0.2) is 34.7 Å². The molecule has 0 saturated carbocycles. The standard InChI is InChI=1S/C6H13NO6P2/c1-8-14(9-2)12-6(5-7)13-15(10-3)11-4/h6H,1-4H3. The molecule has 0 rings (SSSR count). The third kappa shape index (κ3) is 6.31. The summed E-state index contributed by atoms with van der Waals surface area (Å²) >= 11 is 0. The van der Waals surface area contributed by atoms with Crippen LogP contribution in [0.2, 0.25) is 0 Å². The van der Waals surface area contributed by atoms with Crippen molar-refractivity contribution in [3.05, 3.63) is 0 Å². The molecule has 15 heavy (non-hydrogen) atoms. The zero-order valence-electron chi connectivity index (χ0n) is 8.87. The molecule has 0 aromatic rings. The summed E-state index contributed by atoms with van der Waals surface area (Å²) in [6.07, 6.45) is -1.15. The van der Waals surface area contributed by atoms with Crippen LogP contribution in [-0.2, 0) is 27.1 Å². The lowest BCUT2D eigenvalue weighted by atomic mass is 10.8. The Morgan fingerprint density at radius 1 is 0.867 bits per heavy atom. The van der Waals surface area contributed by atoms with Gasteiger partial charge in [-0.15, -0.1) is 0 Å². The van der Waals surface area contributed by atoms with Gasteiger partial charge in [-0.1, -0.05) is 0 Å². The second-order valence-electron chi connectivity index (χ2n) is 1.85. The monoisotopic (exact) mass is 257 g/mol. The summed E-state index contributed by atoms with van der Waals surface area (Å²) < 4.78 is 29.2. The Morgan fingerprint density at radius 2 is 1.20 bits per heavy atom. The Balaban J connectivity index is 4.07. The van der Waals surface area contributed by atoms with Gasteiger partial charge in [-0.05, 0) is 0 Å². The Morgan fingerprint density at radius 3 is 1.40 bits per heavy atom. The third-order valence-electron chi connectivity index (χ3n) is 1.07. The number of rotatable bonds is 8. The van der Waals surface area contributed by atoms with Crippen molar-refractivity contribution < 1.29 is 27.1 Å². The largest absolute Gasteiger partial charge is 0.335 e. The smallest absolute Gasteiger partial charge is 0.316 e. The lowest BCUT2D eigenvalue weighted by Crippen LogP contribution is -2.11. The molecule has 0 heterocycles. The van der Waals surface area contributed by atoms with Gasteiger partial charge >= 0.3 is 17.2 Å². The molecule has 0 spiro atoms. The van der Waals surface area contributed by atoms with Crippen LogP contribution >= 0.6 is 17.2 Å². The number of hydrogen-bond donors (Lipinski definition) is 0. The van der Waals surface area contributed by atoms with Crippen LogP contribution in [0.4, 0.5) is 0 Å². The minimum absolute atomic E-state index is 1.15. The van der Waals surface area contributed by atoms with E-state index in [-0.39, 0.29) is 0 Å². The molecule has 9 heteroatoms. The molecule has 0 aliphatic carbocycles. The summed E-state index contributed by atoms with van der Waals surface area (Å²) in [5.74, 6) is 0. The van der Waals surface area contributed by atoms with Gasteiger partial charge in [0.1, 0.15) is 6.07 Å². The number of hydrogen-bond acceptors (Lipinski definition) is 7. The summed E-state index contributed by atoms with van der Waals surface area (Å²) in [5, 5.41) is 8.70. The van der Waals surface area contributed by atoms with Crippen LogP contribution in [0.25, 0.3) is 0 Å². The summed E-state index contributed by atoms with van der Waals surface area (Å²) in [7, 11) is 2.43. The fourth-order valence-electron chi connectivity index (χ4n) is 0.544. The van der Waals surface area contributed by atoms with Gasteiger partial charge in [-0.3, -0.25) is 9.05 Å². The molecule has 0 atom stereocenters. The molecule has 0 bridgehead atoms. The quantitative estimate of drug-likeness (QED) is 0.485. The molecule has 88 valence electrons. The molecule has 0 radical (unpaired) electrons. The predicted octanol–water partition coefficient (Wildman–Crippen LogP) is 1.91. The first-order valence-corrected chi connectivity index (χ1v) is 5.90. The van der Waals surface area contributed by atoms with E-state index in [1.165, 1.54) is 28.4 Å². The van der Waals surface area contributed by atoms with Gasteiger partial charge in [0.15, 0.2) is 0 Å². The first-order chi connectivity index (χ1) is 7.21. The topological polar surface area (TPSA) is 79.2 Å². The molecule has 7 nitrogen and oxygen atoms in total. The van der Waals surface area contributed by atoms with E-state index in [9.17, 15) is 0 Å². The summed E-state index contributed by atoms with van der Waals surface area (Å²) in [6.45, 7) is 0. The Hall–Kier alpha value is 0.110. The summed E-state index contributed by atoms with van der Waals surface area (Å²) in [5.41, 5.74) is 0. The van der Waals surface area contributed by atoms with Crippen LogP contribution in [0, 0.1) is 11.3 Å². The van der Waals surface area contributed by atoms with Crippen LogP contribution in [0.1, 0.15) is 0 Å². The van der Waals surface area contributed by atoms with Crippen molar-refractivity contribution >= 4 is 17.2 Å². The van der Waals surface area contributed by atoms with E-state index in [1.807, 2.05) is 0 Å². The minimum atomic E-state index is -1.59. The molecule has 0 saturated heterocycles. The van der Waals surface area contributed by atoms with Crippen LogP contribution in [0.5, 0.6) is 0 Å². The first kappa shape index (κ1) is 15.1. The Bertz CT molecular complexity index is 179. The zero-order chi connectivity index (χ0) is 11.7. The van der Waals surface area contributed by atoms with Gasteiger partial charge in [0.2, 0.25) is 0 Å². The highest BCUT2D eigenvalue weighted by Crippen LogP contribution is 2.44. The van der Waals surface area contributed by atoms with E-state index in [0.29, 0.717) is 0 Å². The molecule has 0 aliphatic heterocycles. The molecular weight excluding hydrogens is 244 g/mol. The Kier molecular flexibility index (Phi) is 9.41. The SMILES string of the molecule is COP(OC)OC(C#N)OP(OC)OC. The average molecular weight is 257 g/mol. The van der Waals surface area contributed by atoms with Crippen LogP contribution < -0.4 is 0 Å². The van der Waals surface area contributed by atoms with E-state index >= 15 is 0 Å². The highest BCUT2D eigenvalue weighted by Gasteiger charge is 2.22. The maximum Gasteiger partial charge on any atom is 0.335 e. The fourth-order valence-corrected chi connectivity index (χ4v) is 1.75. The van der Waals surface area contributed by atoms with Crippen molar-refractivity contribution in [1.29, 1.82) is 5.26 Å². The molecule has 0 N–H and O–H groups in total. The fraction of sp³-hybridized carbons (Fsp3) is 0.833. The average Bonchev–Trinajstić information content (AvgIpc) is 2.30. The highest BCUT2D eigenvalue weighted by molar-refractivity contribution is 7.42. The van der Waals surface area contributed by atoms with E-state index in [4.69, 9.17) is 32.4 Å². The highest BCUT2D eigenvalue weighted by atomic mass is 31.2. The molecule has 0 fully saturated rings. The lowest BCUT2D eigenvalue weighted by Gasteiger charge is -2.18. The van der Waals surface area contributed by atoms with Crippen molar-refractivity contribution in [2.24, 2.45) is 0 Å². The Labute approximate surface area is 91.2 Å². The molecule has 0 amide bonds. The van der Waals surface area contributed by atoms with Gasteiger partial charge in [0.05, 0.1) is 0 Å². The molecule has 0 aromatic carbocycles. The second-order valence-corrected chi connectivity index (χ2v) is 4.63. The normalized spacial score (nSPS) is 11.3. The number of nitrogens with zero attached hydrogens (tertiary/aromatic N) is 1. The maximum absolute atomic E-state index is 8.70. The van der Waals surface area contributed by atoms with Gasteiger partial charge in [0, 0.05) is 28.4 Å². The van der Waals surface area contributed by atoms with Crippen LogP contribution in [0.3, 0.4) is 0 Å². The van der Waals surface area contributed by atoms with Gasteiger partial charge in [-0.2, -0.15) is 5.26 Å². The van der Waals surface area contributed by atoms with E-state index in [1.54, 1.807) is 6.07 Å². The van der Waals surface area contributed by atoms with Crippen molar-refractivity contribution in [2.75, 3.05) is 28.4 Å². The van der Waals surface area contributed by atoms with E-state index in [2.05, 4.69) is 0 Å². The van der Waals surface area contributed by atoms with Gasteiger partial charge in [-0.25, -0.2) is 0 Å². The third-order valence-corrected chi connectivity index (χ3v) is 2.99. The summed E-state index contributed by atoms with van der Waals surface area (Å²) in [4.78, 5) is 0. The maximum atomic E-state index is 8.70. The van der Waals surface area contributed by atoms with E-state index < -0.39 is 23.5 Å². The first-order valence-electron chi connectivity index (χ1n) is 3.71. The number of nitriles is 1. The van der Waals surface area contributed by atoms with Crippen LogP contribution in [0.15, 0.2) is 0 Å². The van der Waals surface area contributed by atoms with Crippen molar-refractivity contribution in [2.45, 2.75) is 6.29 Å². The predicted molar refractivity (Wildman–Crippen MR) is 53.4 cm³/mol. The van der Waals surface area contributed by atoms with Crippen molar-refractivity contribution in [1.82, 2.24) is 0 Å². The molecule has 0 aromatic heterocycles. The van der Waals surface area contributed by atoms with Crippen molar-refractivity contribution in [3.8, 4) is 6.07 Å². The minimum Gasteiger partial charge on any atom is -0.316 e. The van der Waals surface area contributed by atoms with Gasteiger partial charge < -0.3 is 18.1 Å². The van der Waals surface area contributed by atoms with E-state index in [0.717, 1.165) is 0 Å². The molecule has 0 aliphatic rings. The second kappa shape index (κ2) is 9.34. The van der Waals surface area contributed by atoms with Gasteiger partial charge in [0.25, 0.3) is 6.29 Å². The van der Waals surface area contributed by atoms with Crippen molar-refractivity contribution in [3.63, 3.8) is 0 Å².